The summed E-state index contributed by atoms with van der Waals surface area (Å²) in [5, 5.41) is 23.4. The Morgan fingerprint density at radius 2 is 2.00 bits per heavy atom. The maximum Gasteiger partial charge on any atom is 0.130 e. The average molecular weight is 315 g/mol. The molecule has 1 aromatic carbocycles. The Kier molecular flexibility index (Phi) is 5.86. The minimum absolute atomic E-state index is 0.223. The van der Waals surface area contributed by atoms with Crippen molar-refractivity contribution in [3.05, 3.63) is 35.4 Å². The van der Waals surface area contributed by atoms with Gasteiger partial charge in [0.2, 0.25) is 0 Å². The van der Waals surface area contributed by atoms with E-state index < -0.39 is 23.3 Å². The van der Waals surface area contributed by atoms with Crippen molar-refractivity contribution in [2.75, 3.05) is 19.8 Å². The van der Waals surface area contributed by atoms with E-state index in [4.69, 9.17) is 4.74 Å². The molecule has 1 aliphatic rings. The van der Waals surface area contributed by atoms with E-state index in [0.29, 0.717) is 31.6 Å². The second kappa shape index (κ2) is 7.46. The molecule has 22 heavy (non-hydrogen) atoms. The van der Waals surface area contributed by atoms with Gasteiger partial charge in [0.25, 0.3) is 0 Å². The summed E-state index contributed by atoms with van der Waals surface area (Å²) in [6, 6.07) is 3.08. The first kappa shape index (κ1) is 17.3. The fraction of sp³-hybridized carbons (Fsp3) is 0.625. The quantitative estimate of drug-likeness (QED) is 0.750. The van der Waals surface area contributed by atoms with Crippen LogP contribution < -0.4 is 5.32 Å². The third kappa shape index (κ3) is 4.71. The number of benzene rings is 1. The number of aliphatic hydroxyl groups excluding tert-OH is 1. The minimum atomic E-state index is -0.899. The average Bonchev–Trinajstić information content (AvgIpc) is 2.45. The van der Waals surface area contributed by atoms with E-state index in [1.54, 1.807) is 6.92 Å². The standard InChI is InChI=1S/C16H23F2NO3/c1-11(14-3-2-12(17)8-15(14)18)19-10-13(20)9-16(21)4-6-22-7-5-16/h2-3,8,11,13,19-21H,4-7,9-10H2,1H3. The van der Waals surface area contributed by atoms with Crippen LogP contribution in [0.4, 0.5) is 8.78 Å². The van der Waals surface area contributed by atoms with Crippen molar-refractivity contribution in [2.45, 2.75) is 43.9 Å². The minimum Gasteiger partial charge on any atom is -0.392 e. The maximum absolute atomic E-state index is 13.7. The topological polar surface area (TPSA) is 61.7 Å². The number of nitrogens with one attached hydrogen (secondary N) is 1. The van der Waals surface area contributed by atoms with Crippen molar-refractivity contribution < 1.29 is 23.7 Å². The van der Waals surface area contributed by atoms with E-state index in [1.165, 1.54) is 12.1 Å². The van der Waals surface area contributed by atoms with Crippen LogP contribution in [0.25, 0.3) is 0 Å². The third-order valence-electron chi connectivity index (χ3n) is 4.13. The van der Waals surface area contributed by atoms with Crippen LogP contribution in [0.3, 0.4) is 0 Å². The largest absolute Gasteiger partial charge is 0.392 e. The summed E-state index contributed by atoms with van der Waals surface area (Å²) in [5.74, 6) is -1.23. The summed E-state index contributed by atoms with van der Waals surface area (Å²) in [5.41, 5.74) is -0.553. The van der Waals surface area contributed by atoms with Crippen LogP contribution in [0.2, 0.25) is 0 Å². The molecule has 2 rings (SSSR count). The molecule has 0 aromatic heterocycles. The molecule has 0 spiro atoms. The third-order valence-corrected chi connectivity index (χ3v) is 4.13. The van der Waals surface area contributed by atoms with Crippen molar-refractivity contribution in [2.24, 2.45) is 0 Å². The highest BCUT2D eigenvalue weighted by Gasteiger charge is 2.32. The Hall–Kier alpha value is -1.08. The first-order valence-electron chi connectivity index (χ1n) is 7.56. The number of hydrogen-bond donors (Lipinski definition) is 3. The summed E-state index contributed by atoms with van der Waals surface area (Å²) in [7, 11) is 0. The molecule has 0 bridgehead atoms. The van der Waals surface area contributed by atoms with Gasteiger partial charge in [0.05, 0.1) is 11.7 Å². The number of aliphatic hydroxyl groups is 2. The smallest absolute Gasteiger partial charge is 0.130 e. The van der Waals surface area contributed by atoms with Gasteiger partial charge < -0.3 is 20.3 Å². The van der Waals surface area contributed by atoms with E-state index in [2.05, 4.69) is 5.32 Å². The van der Waals surface area contributed by atoms with Gasteiger partial charge in [0, 0.05) is 43.9 Å². The highest BCUT2D eigenvalue weighted by Crippen LogP contribution is 2.26. The molecule has 0 aliphatic carbocycles. The van der Waals surface area contributed by atoms with Crippen LogP contribution in [0.5, 0.6) is 0 Å². The number of ether oxygens (including phenoxy) is 1. The van der Waals surface area contributed by atoms with Crippen LogP contribution in [0.1, 0.15) is 37.8 Å². The van der Waals surface area contributed by atoms with Gasteiger partial charge in [-0.3, -0.25) is 0 Å². The van der Waals surface area contributed by atoms with Crippen molar-refractivity contribution >= 4 is 0 Å². The second-order valence-corrected chi connectivity index (χ2v) is 5.99. The first-order valence-corrected chi connectivity index (χ1v) is 7.56. The molecule has 0 radical (unpaired) electrons. The molecular weight excluding hydrogens is 292 g/mol. The van der Waals surface area contributed by atoms with Gasteiger partial charge in [-0.15, -0.1) is 0 Å². The van der Waals surface area contributed by atoms with Crippen molar-refractivity contribution in [3.63, 3.8) is 0 Å². The van der Waals surface area contributed by atoms with E-state index in [9.17, 15) is 19.0 Å². The summed E-state index contributed by atoms with van der Waals surface area (Å²) in [6.45, 7) is 2.95. The Morgan fingerprint density at radius 3 is 2.64 bits per heavy atom. The van der Waals surface area contributed by atoms with Crippen LogP contribution in [-0.4, -0.2) is 41.7 Å². The van der Waals surface area contributed by atoms with Gasteiger partial charge >= 0.3 is 0 Å². The Balaban J connectivity index is 1.83. The molecule has 4 nitrogen and oxygen atoms in total. The van der Waals surface area contributed by atoms with Crippen molar-refractivity contribution in [3.8, 4) is 0 Å². The fourth-order valence-electron chi connectivity index (χ4n) is 2.74. The number of hydrogen-bond acceptors (Lipinski definition) is 4. The SMILES string of the molecule is CC(NCC(O)CC1(O)CCOCC1)c1ccc(F)cc1F. The van der Waals surface area contributed by atoms with E-state index in [-0.39, 0.29) is 19.0 Å². The lowest BCUT2D eigenvalue weighted by Gasteiger charge is -2.34. The van der Waals surface area contributed by atoms with Crippen LogP contribution in [0.15, 0.2) is 18.2 Å². The van der Waals surface area contributed by atoms with Crippen LogP contribution >= 0.6 is 0 Å². The molecule has 1 saturated heterocycles. The van der Waals surface area contributed by atoms with Crippen molar-refractivity contribution in [1.29, 1.82) is 0 Å². The van der Waals surface area contributed by atoms with Gasteiger partial charge in [0.15, 0.2) is 0 Å². The molecule has 1 aromatic rings. The van der Waals surface area contributed by atoms with Crippen molar-refractivity contribution in [1.82, 2.24) is 5.32 Å². The van der Waals surface area contributed by atoms with Gasteiger partial charge in [-0.25, -0.2) is 8.78 Å². The molecular formula is C16H23F2NO3. The lowest BCUT2D eigenvalue weighted by Crippen LogP contribution is -2.42. The van der Waals surface area contributed by atoms with Crippen LogP contribution in [0, 0.1) is 11.6 Å². The van der Waals surface area contributed by atoms with Crippen LogP contribution in [-0.2, 0) is 4.74 Å². The first-order chi connectivity index (χ1) is 10.4. The normalized spacial score (nSPS) is 20.6. The van der Waals surface area contributed by atoms with Gasteiger partial charge in [-0.2, -0.15) is 0 Å². The predicted octanol–water partition coefficient (Wildman–Crippen LogP) is 1.91. The number of rotatable bonds is 6. The Bertz CT molecular complexity index is 492. The Labute approximate surface area is 129 Å². The molecule has 3 N–H and O–H groups in total. The van der Waals surface area contributed by atoms with E-state index in [1.807, 2.05) is 0 Å². The second-order valence-electron chi connectivity index (χ2n) is 5.99. The molecule has 6 heteroatoms. The molecule has 0 saturated carbocycles. The Morgan fingerprint density at radius 1 is 1.32 bits per heavy atom. The lowest BCUT2D eigenvalue weighted by atomic mass is 9.88. The monoisotopic (exact) mass is 315 g/mol. The van der Waals surface area contributed by atoms with Gasteiger partial charge in [0.1, 0.15) is 11.6 Å². The van der Waals surface area contributed by atoms with Gasteiger partial charge in [-0.05, 0) is 25.8 Å². The summed E-state index contributed by atoms with van der Waals surface area (Å²) >= 11 is 0. The summed E-state index contributed by atoms with van der Waals surface area (Å²) in [4.78, 5) is 0. The highest BCUT2D eigenvalue weighted by atomic mass is 19.1. The molecule has 1 aliphatic heterocycles. The van der Waals surface area contributed by atoms with Gasteiger partial charge in [-0.1, -0.05) is 6.07 Å². The van der Waals surface area contributed by atoms with E-state index >= 15 is 0 Å². The molecule has 1 heterocycles. The fourth-order valence-corrected chi connectivity index (χ4v) is 2.74. The molecule has 124 valence electrons. The highest BCUT2D eigenvalue weighted by molar-refractivity contribution is 5.21. The maximum atomic E-state index is 13.7. The number of halogens is 2. The summed E-state index contributed by atoms with van der Waals surface area (Å²) in [6.07, 6.45) is 0.523. The lowest BCUT2D eigenvalue weighted by molar-refractivity contribution is -0.0862. The molecule has 0 amide bonds. The van der Waals surface area contributed by atoms with E-state index in [0.717, 1.165) is 6.07 Å². The predicted molar refractivity (Wildman–Crippen MR) is 78.4 cm³/mol. The summed E-state index contributed by atoms with van der Waals surface area (Å²) < 4.78 is 31.7. The zero-order chi connectivity index (χ0) is 16.2. The zero-order valence-electron chi connectivity index (χ0n) is 12.7. The molecule has 2 atom stereocenters. The molecule has 1 fully saturated rings. The molecule has 2 unspecified atom stereocenters. The zero-order valence-corrected chi connectivity index (χ0v) is 12.7.